The average Bonchev–Trinajstić information content (AvgIpc) is 2.70. The Bertz CT molecular complexity index is 660. The first-order valence-electron chi connectivity index (χ1n) is 7.87. The van der Waals surface area contributed by atoms with Crippen LogP contribution in [-0.4, -0.2) is 42.0 Å². The number of anilines is 2. The number of hydrogen-bond donors (Lipinski definition) is 2. The minimum atomic E-state index is -4.38. The Balaban J connectivity index is 1.68. The van der Waals surface area contributed by atoms with Crippen molar-refractivity contribution in [1.82, 2.24) is 4.90 Å². The molecule has 8 heteroatoms. The lowest BCUT2D eigenvalue weighted by atomic mass is 10.1. The minimum absolute atomic E-state index is 0.0248. The van der Waals surface area contributed by atoms with E-state index in [4.69, 9.17) is 0 Å². The van der Waals surface area contributed by atoms with Gasteiger partial charge in [0.1, 0.15) is 12.6 Å². The predicted molar refractivity (Wildman–Crippen MR) is 82.7 cm³/mol. The summed E-state index contributed by atoms with van der Waals surface area (Å²) < 4.78 is 37.3. The number of halogens is 3. The number of nitrogens with zero attached hydrogens (tertiary/aromatic N) is 1. The van der Waals surface area contributed by atoms with Gasteiger partial charge in [-0.15, -0.1) is 0 Å². The minimum Gasteiger partial charge on any atom is -0.374 e. The molecule has 24 heavy (non-hydrogen) atoms. The Kier molecular flexibility index (Phi) is 4.38. The zero-order valence-corrected chi connectivity index (χ0v) is 12.9. The number of nitrogens with one attached hydrogen (secondary N) is 2. The largest absolute Gasteiger partial charge is 0.406 e. The fourth-order valence-electron chi connectivity index (χ4n) is 3.11. The molecule has 2 aliphatic rings. The van der Waals surface area contributed by atoms with Gasteiger partial charge in [-0.3, -0.25) is 9.59 Å². The summed E-state index contributed by atoms with van der Waals surface area (Å²) in [6, 6.07) is 4.68. The van der Waals surface area contributed by atoms with Gasteiger partial charge >= 0.3 is 6.18 Å². The summed E-state index contributed by atoms with van der Waals surface area (Å²) in [5.74, 6) is -0.557. The third-order valence-corrected chi connectivity index (χ3v) is 4.24. The molecule has 2 aliphatic heterocycles. The lowest BCUT2D eigenvalue weighted by molar-refractivity contribution is -0.157. The highest BCUT2D eigenvalue weighted by atomic mass is 19.4. The summed E-state index contributed by atoms with van der Waals surface area (Å²) in [4.78, 5) is 24.4. The van der Waals surface area contributed by atoms with Gasteiger partial charge in [0.25, 0.3) is 0 Å². The molecule has 1 aromatic rings. The molecule has 1 atom stereocenters. The summed E-state index contributed by atoms with van der Waals surface area (Å²) in [5, 5.41) is 5.83. The van der Waals surface area contributed by atoms with Gasteiger partial charge in [0, 0.05) is 24.3 Å². The smallest absolute Gasteiger partial charge is 0.374 e. The molecule has 0 spiro atoms. The number of hydrogen-bond acceptors (Lipinski definition) is 3. The molecule has 1 aromatic carbocycles. The maximum atomic E-state index is 12.4. The van der Waals surface area contributed by atoms with Crippen LogP contribution in [0.15, 0.2) is 18.2 Å². The van der Waals surface area contributed by atoms with Crippen LogP contribution in [0.25, 0.3) is 0 Å². The Morgan fingerprint density at radius 1 is 1.25 bits per heavy atom. The van der Waals surface area contributed by atoms with E-state index in [2.05, 4.69) is 10.6 Å². The number of alkyl halides is 3. The molecule has 2 amide bonds. The number of benzene rings is 1. The van der Waals surface area contributed by atoms with E-state index in [-0.39, 0.29) is 12.5 Å². The van der Waals surface area contributed by atoms with Crippen molar-refractivity contribution in [3.05, 3.63) is 23.8 Å². The Labute approximate surface area is 137 Å². The summed E-state index contributed by atoms with van der Waals surface area (Å²) in [7, 11) is 0. The normalized spacial score (nSPS) is 21.3. The van der Waals surface area contributed by atoms with Crippen molar-refractivity contribution < 1.29 is 22.8 Å². The van der Waals surface area contributed by atoms with Crippen LogP contribution in [0.4, 0.5) is 24.5 Å². The maximum Gasteiger partial charge on any atom is 0.406 e. The van der Waals surface area contributed by atoms with Gasteiger partial charge < -0.3 is 15.5 Å². The summed E-state index contributed by atoms with van der Waals surface area (Å²) in [6.45, 7) is -1.11. The Morgan fingerprint density at radius 2 is 2.04 bits per heavy atom. The fourth-order valence-corrected chi connectivity index (χ4v) is 3.11. The molecule has 0 aliphatic carbocycles. The van der Waals surface area contributed by atoms with Gasteiger partial charge in [0.2, 0.25) is 11.8 Å². The Morgan fingerprint density at radius 3 is 2.79 bits per heavy atom. The number of amides is 2. The first-order valence-corrected chi connectivity index (χ1v) is 7.87. The summed E-state index contributed by atoms with van der Waals surface area (Å²) >= 11 is 0. The van der Waals surface area contributed by atoms with Crippen molar-refractivity contribution >= 4 is 23.2 Å². The zero-order chi connectivity index (χ0) is 17.3. The van der Waals surface area contributed by atoms with E-state index in [1.165, 1.54) is 0 Å². The topological polar surface area (TPSA) is 61.4 Å². The van der Waals surface area contributed by atoms with Crippen molar-refractivity contribution in [2.45, 2.75) is 37.9 Å². The highest BCUT2D eigenvalue weighted by molar-refractivity contribution is 5.93. The molecule has 1 saturated heterocycles. The molecule has 0 unspecified atom stereocenters. The van der Waals surface area contributed by atoms with Crippen molar-refractivity contribution in [2.24, 2.45) is 0 Å². The van der Waals surface area contributed by atoms with Crippen molar-refractivity contribution in [1.29, 1.82) is 0 Å². The predicted octanol–water partition coefficient (Wildman–Crippen LogP) is 2.54. The molecule has 5 nitrogen and oxygen atoms in total. The monoisotopic (exact) mass is 341 g/mol. The van der Waals surface area contributed by atoms with Gasteiger partial charge in [-0.05, 0) is 43.0 Å². The Hall–Kier alpha value is -2.25. The van der Waals surface area contributed by atoms with E-state index in [9.17, 15) is 22.8 Å². The molecule has 0 radical (unpaired) electrons. The number of aryl methyl sites for hydroxylation is 1. The quantitative estimate of drug-likeness (QED) is 0.888. The molecule has 2 heterocycles. The van der Waals surface area contributed by atoms with Crippen LogP contribution in [-0.2, 0) is 16.0 Å². The third-order valence-electron chi connectivity index (χ3n) is 4.24. The van der Waals surface area contributed by atoms with Crippen LogP contribution in [0.3, 0.4) is 0 Å². The standard InChI is InChI=1S/C16H18F3N3O2/c17-16(18,19)9-22-7-6-13(15(22)24)20-11-4-5-12-10(8-11)2-1-3-14(23)21-12/h4-5,8,13,20H,1-3,6-7,9H2,(H,21,23)/t13-/m0/s1. The highest BCUT2D eigenvalue weighted by Crippen LogP contribution is 2.27. The van der Waals surface area contributed by atoms with Gasteiger partial charge in [0.05, 0.1) is 0 Å². The van der Waals surface area contributed by atoms with Crippen LogP contribution in [0.1, 0.15) is 24.8 Å². The van der Waals surface area contributed by atoms with Gasteiger partial charge in [-0.1, -0.05) is 0 Å². The molecule has 0 saturated carbocycles. The second-order valence-electron chi connectivity index (χ2n) is 6.13. The van der Waals surface area contributed by atoms with Gasteiger partial charge in [-0.2, -0.15) is 13.2 Å². The first kappa shape index (κ1) is 16.6. The molecular weight excluding hydrogens is 323 g/mol. The summed E-state index contributed by atoms with van der Waals surface area (Å²) in [6.07, 6.45) is -2.10. The second kappa shape index (κ2) is 6.33. The van der Waals surface area contributed by atoms with E-state index in [1.807, 2.05) is 6.07 Å². The SMILES string of the molecule is O=C1CCCc2cc(N[C@H]3CCN(CC(F)(F)F)C3=O)ccc2N1. The van der Waals surface area contributed by atoms with Gasteiger partial charge in [-0.25, -0.2) is 0 Å². The molecule has 0 bridgehead atoms. The first-order chi connectivity index (χ1) is 11.3. The van der Waals surface area contributed by atoms with Crippen LogP contribution in [0, 0.1) is 0 Å². The number of carbonyl (C=O) groups is 2. The zero-order valence-electron chi connectivity index (χ0n) is 12.9. The number of rotatable bonds is 3. The van der Waals surface area contributed by atoms with E-state index in [1.54, 1.807) is 12.1 Å². The third kappa shape index (κ3) is 3.80. The number of likely N-dealkylation sites (tertiary alicyclic amines) is 1. The maximum absolute atomic E-state index is 12.4. The van der Waals surface area contributed by atoms with Crippen LogP contribution >= 0.6 is 0 Å². The number of carbonyl (C=O) groups excluding carboxylic acids is 2. The van der Waals surface area contributed by atoms with E-state index in [0.29, 0.717) is 18.5 Å². The lowest BCUT2D eigenvalue weighted by Crippen LogP contribution is -2.39. The lowest BCUT2D eigenvalue weighted by Gasteiger charge is -2.19. The molecule has 2 N–H and O–H groups in total. The van der Waals surface area contributed by atoms with Gasteiger partial charge in [0.15, 0.2) is 0 Å². The highest BCUT2D eigenvalue weighted by Gasteiger charge is 2.39. The van der Waals surface area contributed by atoms with Crippen LogP contribution in [0.2, 0.25) is 0 Å². The van der Waals surface area contributed by atoms with Crippen molar-refractivity contribution in [2.75, 3.05) is 23.7 Å². The van der Waals surface area contributed by atoms with Crippen molar-refractivity contribution in [3.8, 4) is 0 Å². The molecule has 3 rings (SSSR count). The van der Waals surface area contributed by atoms with E-state index in [0.717, 1.165) is 29.0 Å². The van der Waals surface area contributed by atoms with Crippen LogP contribution < -0.4 is 10.6 Å². The molecular formula is C16H18F3N3O2. The number of fused-ring (bicyclic) bond motifs is 1. The second-order valence-corrected chi connectivity index (χ2v) is 6.13. The van der Waals surface area contributed by atoms with Crippen LogP contribution in [0.5, 0.6) is 0 Å². The van der Waals surface area contributed by atoms with E-state index < -0.39 is 24.7 Å². The summed E-state index contributed by atoms with van der Waals surface area (Å²) in [5.41, 5.74) is 2.39. The van der Waals surface area contributed by atoms with Crippen molar-refractivity contribution in [3.63, 3.8) is 0 Å². The molecule has 1 fully saturated rings. The van der Waals surface area contributed by atoms with E-state index >= 15 is 0 Å². The average molecular weight is 341 g/mol. The molecule has 0 aromatic heterocycles. The molecule has 130 valence electrons. The fraction of sp³-hybridized carbons (Fsp3) is 0.500.